The van der Waals surface area contributed by atoms with E-state index < -0.39 is 5.91 Å². The number of rotatable bonds is 1. The molecule has 0 unspecified atom stereocenters. The minimum atomic E-state index is -0.413. The van der Waals surface area contributed by atoms with Crippen LogP contribution in [-0.2, 0) is 4.79 Å². The molecule has 0 radical (unpaired) electrons. The molecule has 0 saturated heterocycles. The molecule has 18 heavy (non-hydrogen) atoms. The molecule has 0 aromatic heterocycles. The zero-order chi connectivity index (χ0) is 12.8. The van der Waals surface area contributed by atoms with Crippen LogP contribution in [0.5, 0.6) is 5.75 Å². The van der Waals surface area contributed by atoms with E-state index in [2.05, 4.69) is 17.2 Å². The van der Waals surface area contributed by atoms with E-state index in [1.165, 1.54) is 12.1 Å². The van der Waals surface area contributed by atoms with Crippen LogP contribution >= 0.6 is 0 Å². The lowest BCUT2D eigenvalue weighted by Gasteiger charge is -2.00. The van der Waals surface area contributed by atoms with Crippen LogP contribution in [0.3, 0.4) is 0 Å². The van der Waals surface area contributed by atoms with Gasteiger partial charge < -0.3 is 10.4 Å². The van der Waals surface area contributed by atoms with Gasteiger partial charge in [0.1, 0.15) is 5.75 Å². The number of carbonyl (C=O) groups excluding carboxylic acids is 1. The molecule has 0 aliphatic rings. The third kappa shape index (κ3) is 3.39. The maximum absolute atomic E-state index is 11.5. The molecular formula is C15H11NO2. The molecule has 1 amide bonds. The maximum atomic E-state index is 11.5. The van der Waals surface area contributed by atoms with E-state index in [4.69, 9.17) is 0 Å². The topological polar surface area (TPSA) is 49.3 Å². The smallest absolute Gasteiger partial charge is 0.300 e. The second-order valence-electron chi connectivity index (χ2n) is 3.62. The van der Waals surface area contributed by atoms with Gasteiger partial charge >= 0.3 is 5.91 Å². The van der Waals surface area contributed by atoms with E-state index in [0.717, 1.165) is 5.56 Å². The summed E-state index contributed by atoms with van der Waals surface area (Å²) in [6.45, 7) is 0. The highest BCUT2D eigenvalue weighted by Crippen LogP contribution is 2.14. The number of nitrogens with one attached hydrogen (secondary N) is 1. The fourth-order valence-electron chi connectivity index (χ4n) is 1.40. The first-order valence-corrected chi connectivity index (χ1v) is 5.41. The number of aromatic hydroxyl groups is 1. The highest BCUT2D eigenvalue weighted by molar-refractivity contribution is 6.04. The largest absolute Gasteiger partial charge is 0.508 e. The van der Waals surface area contributed by atoms with Crippen LogP contribution in [0.15, 0.2) is 54.6 Å². The highest BCUT2D eigenvalue weighted by Gasteiger charge is 1.98. The normalized spacial score (nSPS) is 9.11. The van der Waals surface area contributed by atoms with Gasteiger partial charge in [-0.05, 0) is 24.3 Å². The Morgan fingerprint density at radius 3 is 2.56 bits per heavy atom. The summed E-state index contributed by atoms with van der Waals surface area (Å²) in [5, 5.41) is 11.8. The van der Waals surface area contributed by atoms with Crippen molar-refractivity contribution in [3.63, 3.8) is 0 Å². The van der Waals surface area contributed by atoms with E-state index in [0.29, 0.717) is 5.69 Å². The van der Waals surface area contributed by atoms with Crippen LogP contribution in [0.4, 0.5) is 5.69 Å². The Morgan fingerprint density at radius 1 is 1.06 bits per heavy atom. The van der Waals surface area contributed by atoms with Crippen molar-refractivity contribution in [2.24, 2.45) is 0 Å². The van der Waals surface area contributed by atoms with Crippen LogP contribution in [0.2, 0.25) is 0 Å². The van der Waals surface area contributed by atoms with Gasteiger partial charge in [0.2, 0.25) is 0 Å². The molecule has 2 aromatic rings. The van der Waals surface area contributed by atoms with Gasteiger partial charge in [-0.25, -0.2) is 0 Å². The van der Waals surface area contributed by atoms with Gasteiger partial charge in [-0.3, -0.25) is 4.79 Å². The summed E-state index contributed by atoms with van der Waals surface area (Å²) < 4.78 is 0. The van der Waals surface area contributed by atoms with Crippen LogP contribution in [-0.4, -0.2) is 11.0 Å². The first kappa shape index (κ1) is 11.7. The molecule has 2 N–H and O–H groups in total. The van der Waals surface area contributed by atoms with Crippen LogP contribution in [0, 0.1) is 11.8 Å². The minimum Gasteiger partial charge on any atom is -0.508 e. The second-order valence-corrected chi connectivity index (χ2v) is 3.62. The number of amides is 1. The summed E-state index contributed by atoms with van der Waals surface area (Å²) in [6, 6.07) is 15.6. The van der Waals surface area contributed by atoms with E-state index in [1.54, 1.807) is 12.1 Å². The van der Waals surface area contributed by atoms with Crippen molar-refractivity contribution in [1.82, 2.24) is 0 Å². The van der Waals surface area contributed by atoms with E-state index in [-0.39, 0.29) is 5.75 Å². The van der Waals surface area contributed by atoms with Crippen LogP contribution < -0.4 is 5.32 Å². The van der Waals surface area contributed by atoms with Gasteiger partial charge in [0.05, 0.1) is 0 Å². The molecule has 3 heteroatoms. The van der Waals surface area contributed by atoms with Crippen molar-refractivity contribution in [2.75, 3.05) is 5.32 Å². The number of carbonyl (C=O) groups is 1. The summed E-state index contributed by atoms with van der Waals surface area (Å²) in [4.78, 5) is 11.5. The zero-order valence-electron chi connectivity index (χ0n) is 9.55. The molecule has 0 saturated carbocycles. The van der Waals surface area contributed by atoms with Crippen molar-refractivity contribution in [3.05, 3.63) is 60.2 Å². The Kier molecular flexibility index (Phi) is 3.62. The fourth-order valence-corrected chi connectivity index (χ4v) is 1.40. The molecule has 0 atom stereocenters. The summed E-state index contributed by atoms with van der Waals surface area (Å²) in [5.74, 6) is 4.93. The van der Waals surface area contributed by atoms with Crippen molar-refractivity contribution >= 4 is 11.6 Å². The molecule has 0 spiro atoms. The SMILES string of the molecule is O=C(C#Cc1ccccc1)Nc1cccc(O)c1. The summed E-state index contributed by atoms with van der Waals surface area (Å²) in [5.41, 5.74) is 1.30. The third-order valence-corrected chi connectivity index (χ3v) is 2.20. The number of phenols is 1. The van der Waals surface area contributed by atoms with Crippen molar-refractivity contribution in [2.45, 2.75) is 0 Å². The van der Waals surface area contributed by atoms with E-state index in [1.807, 2.05) is 30.3 Å². The number of anilines is 1. The lowest BCUT2D eigenvalue weighted by Crippen LogP contribution is -2.08. The Bertz CT molecular complexity index is 609. The fraction of sp³-hybridized carbons (Fsp3) is 0. The summed E-state index contributed by atoms with van der Waals surface area (Å²) in [7, 11) is 0. The Balaban J connectivity index is 2.04. The van der Waals surface area contributed by atoms with Gasteiger partial charge in [0, 0.05) is 23.2 Å². The van der Waals surface area contributed by atoms with Crippen molar-refractivity contribution in [3.8, 4) is 17.6 Å². The Labute approximate surface area is 105 Å². The molecule has 0 bridgehead atoms. The van der Waals surface area contributed by atoms with E-state index >= 15 is 0 Å². The Hall–Kier alpha value is -2.73. The molecule has 88 valence electrons. The molecule has 2 aromatic carbocycles. The van der Waals surface area contributed by atoms with E-state index in [9.17, 15) is 9.90 Å². The zero-order valence-corrected chi connectivity index (χ0v) is 9.55. The predicted molar refractivity (Wildman–Crippen MR) is 70.1 cm³/mol. The molecular weight excluding hydrogens is 226 g/mol. The minimum absolute atomic E-state index is 0.101. The number of benzene rings is 2. The molecule has 3 nitrogen and oxygen atoms in total. The van der Waals surface area contributed by atoms with Crippen LogP contribution in [0.1, 0.15) is 5.56 Å². The third-order valence-electron chi connectivity index (χ3n) is 2.20. The average molecular weight is 237 g/mol. The average Bonchev–Trinajstić information content (AvgIpc) is 2.38. The van der Waals surface area contributed by atoms with Gasteiger partial charge in [0.25, 0.3) is 0 Å². The van der Waals surface area contributed by atoms with Gasteiger partial charge in [-0.1, -0.05) is 30.2 Å². The molecule has 2 rings (SSSR count). The summed E-state index contributed by atoms with van der Waals surface area (Å²) in [6.07, 6.45) is 0. The monoisotopic (exact) mass is 237 g/mol. The Morgan fingerprint density at radius 2 is 1.83 bits per heavy atom. The molecule has 0 aliphatic heterocycles. The van der Waals surface area contributed by atoms with Crippen molar-refractivity contribution < 1.29 is 9.90 Å². The van der Waals surface area contributed by atoms with Gasteiger partial charge in [-0.15, -0.1) is 0 Å². The van der Waals surface area contributed by atoms with Gasteiger partial charge in [0.15, 0.2) is 0 Å². The molecule has 0 heterocycles. The number of phenolic OH excluding ortho intramolecular Hbond substituents is 1. The standard InChI is InChI=1S/C15H11NO2/c17-14-8-4-7-13(11-14)16-15(18)10-9-12-5-2-1-3-6-12/h1-8,11,17H,(H,16,18). The first-order chi connectivity index (χ1) is 8.74. The molecule has 0 fully saturated rings. The first-order valence-electron chi connectivity index (χ1n) is 5.41. The maximum Gasteiger partial charge on any atom is 0.300 e. The lowest BCUT2D eigenvalue weighted by molar-refractivity contribution is -0.111. The quantitative estimate of drug-likeness (QED) is 0.748. The van der Waals surface area contributed by atoms with Crippen molar-refractivity contribution in [1.29, 1.82) is 0 Å². The molecule has 0 aliphatic carbocycles. The highest BCUT2D eigenvalue weighted by atomic mass is 16.3. The van der Waals surface area contributed by atoms with Crippen LogP contribution in [0.25, 0.3) is 0 Å². The summed E-state index contributed by atoms with van der Waals surface area (Å²) >= 11 is 0. The second kappa shape index (κ2) is 5.55. The van der Waals surface area contributed by atoms with Gasteiger partial charge in [-0.2, -0.15) is 0 Å². The predicted octanol–water partition coefficient (Wildman–Crippen LogP) is 2.38. The lowest BCUT2D eigenvalue weighted by atomic mass is 10.2. The number of hydrogen-bond acceptors (Lipinski definition) is 2. The number of hydrogen-bond donors (Lipinski definition) is 2.